The van der Waals surface area contributed by atoms with Crippen molar-refractivity contribution in [2.24, 2.45) is 5.92 Å². The molecule has 0 spiro atoms. The Bertz CT molecular complexity index is 1480. The summed E-state index contributed by atoms with van der Waals surface area (Å²) in [5.41, 5.74) is 2.45. The molecule has 1 saturated heterocycles. The Balaban J connectivity index is 1.89. The zero-order chi connectivity index (χ0) is 28.3. The van der Waals surface area contributed by atoms with E-state index >= 15 is 0 Å². The fourth-order valence-corrected chi connectivity index (χ4v) is 4.50. The molecule has 0 saturated carbocycles. The summed E-state index contributed by atoms with van der Waals surface area (Å²) in [7, 11) is 3.00. The Morgan fingerprint density at radius 3 is 2.23 bits per heavy atom. The van der Waals surface area contributed by atoms with E-state index in [9.17, 15) is 20.0 Å². The first-order chi connectivity index (χ1) is 18.7. The Morgan fingerprint density at radius 1 is 0.974 bits per heavy atom. The molecule has 39 heavy (non-hydrogen) atoms. The average molecular weight is 527 g/mol. The number of aliphatic hydroxyl groups excluding tert-OH is 1. The number of carbonyl (C=O) groups excluding carboxylic acids is 2. The van der Waals surface area contributed by atoms with E-state index in [1.54, 1.807) is 60.7 Å². The number of amides is 1. The third-order valence-electron chi connectivity index (χ3n) is 6.46. The zero-order valence-corrected chi connectivity index (χ0v) is 22.5. The van der Waals surface area contributed by atoms with Gasteiger partial charge in [0, 0.05) is 11.3 Å². The molecule has 1 N–H and O–H groups in total. The van der Waals surface area contributed by atoms with E-state index in [1.165, 1.54) is 19.1 Å². The second-order valence-electron chi connectivity index (χ2n) is 9.63. The van der Waals surface area contributed by atoms with Crippen LogP contribution < -0.4 is 19.1 Å². The molecule has 0 bridgehead atoms. The van der Waals surface area contributed by atoms with Crippen molar-refractivity contribution in [2.75, 3.05) is 25.7 Å². The molecule has 1 fully saturated rings. The summed E-state index contributed by atoms with van der Waals surface area (Å²) in [5, 5.41) is 20.7. The second-order valence-corrected chi connectivity index (χ2v) is 9.63. The van der Waals surface area contributed by atoms with E-state index in [-0.39, 0.29) is 11.3 Å². The molecule has 1 amide bonds. The molecule has 4 rings (SSSR count). The lowest BCUT2D eigenvalue weighted by Gasteiger charge is -2.26. The van der Waals surface area contributed by atoms with Crippen molar-refractivity contribution in [1.29, 1.82) is 5.26 Å². The van der Waals surface area contributed by atoms with E-state index in [4.69, 9.17) is 14.2 Å². The van der Waals surface area contributed by atoms with Crippen molar-refractivity contribution < 1.29 is 28.9 Å². The molecule has 0 aliphatic carbocycles. The van der Waals surface area contributed by atoms with Gasteiger partial charge in [-0.15, -0.1) is 0 Å². The van der Waals surface area contributed by atoms with Gasteiger partial charge < -0.3 is 19.3 Å². The van der Waals surface area contributed by atoms with E-state index in [0.717, 1.165) is 5.56 Å². The normalized spacial score (nSPS) is 16.3. The van der Waals surface area contributed by atoms with E-state index in [1.807, 2.05) is 13.0 Å². The predicted octanol–water partition coefficient (Wildman–Crippen LogP) is 5.55. The van der Waals surface area contributed by atoms with E-state index < -0.39 is 17.7 Å². The molecule has 3 aromatic carbocycles. The molecule has 1 unspecified atom stereocenters. The molecule has 1 aliphatic heterocycles. The number of ketones is 1. The lowest BCUT2D eigenvalue weighted by atomic mass is 9.94. The number of ether oxygens (including phenoxy) is 3. The van der Waals surface area contributed by atoms with Crippen molar-refractivity contribution in [3.8, 4) is 23.3 Å². The van der Waals surface area contributed by atoms with Gasteiger partial charge in [-0.1, -0.05) is 19.9 Å². The summed E-state index contributed by atoms with van der Waals surface area (Å²) in [6.45, 7) is 6.50. The van der Waals surface area contributed by atoms with E-state index in [0.29, 0.717) is 52.2 Å². The van der Waals surface area contributed by atoms with Crippen LogP contribution in [-0.2, 0) is 9.59 Å². The summed E-state index contributed by atoms with van der Waals surface area (Å²) < 4.78 is 16.7. The molecule has 0 aromatic heterocycles. The van der Waals surface area contributed by atoms with Crippen molar-refractivity contribution >= 4 is 23.1 Å². The number of carbonyl (C=O) groups is 2. The van der Waals surface area contributed by atoms with Crippen LogP contribution in [0.15, 0.2) is 66.2 Å². The van der Waals surface area contributed by atoms with E-state index in [2.05, 4.69) is 13.8 Å². The predicted molar refractivity (Wildman–Crippen MR) is 147 cm³/mol. The number of hydrogen-bond donors (Lipinski definition) is 1. The molecule has 8 heteroatoms. The number of anilines is 1. The number of nitriles is 1. The standard InChI is InChI=1S/C31H30N2O6/c1-18(2)17-39-24-12-9-22(14-19(24)3)29(34)27-28(21-8-13-25(37-4)26(15-21)38-5)33(31(36)30(27)35)23-10-6-20(16-32)7-11-23/h6-15,18,28,34H,17H2,1-5H3/b29-27-. The third kappa shape index (κ3) is 5.30. The molecule has 200 valence electrons. The topological polar surface area (TPSA) is 109 Å². The fourth-order valence-electron chi connectivity index (χ4n) is 4.50. The van der Waals surface area contributed by atoms with Crippen LogP contribution in [0.1, 0.15) is 42.1 Å². The zero-order valence-electron chi connectivity index (χ0n) is 22.5. The maximum atomic E-state index is 13.5. The van der Waals surface area contributed by atoms with Gasteiger partial charge in [-0.05, 0) is 78.6 Å². The number of methoxy groups -OCH3 is 2. The summed E-state index contributed by atoms with van der Waals surface area (Å²) in [6, 6.07) is 17.6. The minimum atomic E-state index is -0.963. The van der Waals surface area contributed by atoms with Gasteiger partial charge in [-0.3, -0.25) is 14.5 Å². The highest BCUT2D eigenvalue weighted by Crippen LogP contribution is 2.44. The SMILES string of the molecule is COc1ccc(C2/C(=C(/O)c3ccc(OCC(C)C)c(C)c3)C(=O)C(=O)N2c2ccc(C#N)cc2)cc1OC. The number of Topliss-reactive ketones (excluding diaryl/α,β-unsaturated/α-hetero) is 1. The van der Waals surface area contributed by atoms with Crippen LogP contribution in [0.5, 0.6) is 17.2 Å². The number of aryl methyl sites for hydroxylation is 1. The van der Waals surface area contributed by atoms with Crippen LogP contribution in [0.25, 0.3) is 5.76 Å². The lowest BCUT2D eigenvalue weighted by molar-refractivity contribution is -0.132. The number of rotatable bonds is 8. The van der Waals surface area contributed by atoms with Gasteiger partial charge in [0.25, 0.3) is 11.7 Å². The first-order valence-corrected chi connectivity index (χ1v) is 12.5. The van der Waals surface area contributed by atoms with Gasteiger partial charge in [-0.2, -0.15) is 5.26 Å². The third-order valence-corrected chi connectivity index (χ3v) is 6.46. The molecule has 8 nitrogen and oxygen atoms in total. The fraction of sp³-hybridized carbons (Fsp3) is 0.258. The Kier molecular flexibility index (Phi) is 7.91. The Morgan fingerprint density at radius 2 is 1.64 bits per heavy atom. The van der Waals surface area contributed by atoms with Gasteiger partial charge in [0.2, 0.25) is 0 Å². The van der Waals surface area contributed by atoms with Crippen molar-refractivity contribution in [3.63, 3.8) is 0 Å². The Hall–Kier alpha value is -4.77. The Labute approximate surface area is 227 Å². The largest absolute Gasteiger partial charge is 0.507 e. The summed E-state index contributed by atoms with van der Waals surface area (Å²) in [4.78, 5) is 28.2. The van der Waals surface area contributed by atoms with Crippen molar-refractivity contribution in [1.82, 2.24) is 0 Å². The molecule has 1 heterocycles. The summed E-state index contributed by atoms with van der Waals surface area (Å²) in [6.07, 6.45) is 0. The van der Waals surface area contributed by atoms with Crippen molar-refractivity contribution in [3.05, 3.63) is 88.5 Å². The molecule has 0 radical (unpaired) electrons. The van der Waals surface area contributed by atoms with Crippen LogP contribution in [0, 0.1) is 24.2 Å². The summed E-state index contributed by atoms with van der Waals surface area (Å²) in [5.74, 6) is -0.0223. The minimum Gasteiger partial charge on any atom is -0.507 e. The molecule has 1 atom stereocenters. The second kappa shape index (κ2) is 11.3. The summed E-state index contributed by atoms with van der Waals surface area (Å²) >= 11 is 0. The van der Waals surface area contributed by atoms with Gasteiger partial charge in [0.15, 0.2) is 11.5 Å². The lowest BCUT2D eigenvalue weighted by Crippen LogP contribution is -2.29. The molecule has 1 aliphatic rings. The highest BCUT2D eigenvalue weighted by molar-refractivity contribution is 6.51. The average Bonchev–Trinajstić information content (AvgIpc) is 3.21. The highest BCUT2D eigenvalue weighted by atomic mass is 16.5. The highest BCUT2D eigenvalue weighted by Gasteiger charge is 2.47. The molecule has 3 aromatic rings. The van der Waals surface area contributed by atoms with Crippen LogP contribution in [0.4, 0.5) is 5.69 Å². The first-order valence-electron chi connectivity index (χ1n) is 12.5. The molecular weight excluding hydrogens is 496 g/mol. The molecular formula is C31H30N2O6. The first kappa shape index (κ1) is 27.3. The number of nitrogens with zero attached hydrogens (tertiary/aromatic N) is 2. The maximum Gasteiger partial charge on any atom is 0.300 e. The smallest absolute Gasteiger partial charge is 0.300 e. The van der Waals surface area contributed by atoms with Crippen molar-refractivity contribution in [2.45, 2.75) is 26.8 Å². The van der Waals surface area contributed by atoms with Gasteiger partial charge in [0.05, 0.1) is 44.1 Å². The number of aliphatic hydroxyl groups is 1. The minimum absolute atomic E-state index is 0.0631. The van der Waals surface area contributed by atoms with Gasteiger partial charge >= 0.3 is 0 Å². The number of hydrogen-bond acceptors (Lipinski definition) is 7. The van der Waals surface area contributed by atoms with Crippen LogP contribution >= 0.6 is 0 Å². The quantitative estimate of drug-likeness (QED) is 0.233. The monoisotopic (exact) mass is 526 g/mol. The van der Waals surface area contributed by atoms with Crippen LogP contribution in [0.3, 0.4) is 0 Å². The van der Waals surface area contributed by atoms with Crippen LogP contribution in [0.2, 0.25) is 0 Å². The van der Waals surface area contributed by atoms with Gasteiger partial charge in [-0.25, -0.2) is 0 Å². The number of benzene rings is 3. The van der Waals surface area contributed by atoms with Crippen LogP contribution in [-0.4, -0.2) is 37.6 Å². The maximum absolute atomic E-state index is 13.5. The van der Waals surface area contributed by atoms with Gasteiger partial charge in [0.1, 0.15) is 11.5 Å².